The van der Waals surface area contributed by atoms with Gasteiger partial charge >= 0.3 is 6.18 Å². The third-order valence-electron chi connectivity index (χ3n) is 3.51. The molecule has 2 rings (SSSR count). The number of hydrogen-bond donors (Lipinski definition) is 3. The van der Waals surface area contributed by atoms with Gasteiger partial charge in [-0.3, -0.25) is 0 Å². The van der Waals surface area contributed by atoms with E-state index < -0.39 is 11.9 Å². The van der Waals surface area contributed by atoms with Crippen LogP contribution < -0.4 is 15.4 Å². The van der Waals surface area contributed by atoms with Gasteiger partial charge in [0.1, 0.15) is 5.01 Å². The number of hydrogen-bond acceptors (Lipinski definition) is 5. The number of alkyl halides is 3. The number of phenols is 1. The molecule has 0 aliphatic rings. The largest absolute Gasteiger partial charge is 0.504 e. The van der Waals surface area contributed by atoms with Crippen LogP contribution in [0.2, 0.25) is 0 Å². The molecule has 0 saturated carbocycles. The molecule has 0 unspecified atom stereocenters. The molecule has 0 saturated heterocycles. The fourth-order valence-electron chi connectivity index (χ4n) is 2.20. The Morgan fingerprint density at radius 1 is 1.33 bits per heavy atom. The number of nitrogens with zero attached hydrogens (tertiary/aromatic N) is 2. The van der Waals surface area contributed by atoms with E-state index in [9.17, 15) is 18.3 Å². The van der Waals surface area contributed by atoms with Crippen molar-refractivity contribution in [3.63, 3.8) is 0 Å². The Morgan fingerprint density at radius 2 is 2.11 bits per heavy atom. The topological polar surface area (TPSA) is 78.8 Å². The number of rotatable bonds is 7. The maximum Gasteiger partial charge on any atom is 0.434 e. The normalized spacial score (nSPS) is 12.1. The third-order valence-corrected chi connectivity index (χ3v) is 4.34. The second kappa shape index (κ2) is 9.45. The molecule has 0 aliphatic carbocycles. The average molecular weight is 402 g/mol. The Hall–Kier alpha value is -2.49. The van der Waals surface area contributed by atoms with E-state index >= 15 is 0 Å². The van der Waals surface area contributed by atoms with Crippen molar-refractivity contribution < 1.29 is 23.0 Å². The van der Waals surface area contributed by atoms with Crippen LogP contribution in [0.1, 0.15) is 23.2 Å². The van der Waals surface area contributed by atoms with Crippen LogP contribution in [-0.2, 0) is 19.1 Å². The monoisotopic (exact) mass is 402 g/mol. The predicted octanol–water partition coefficient (Wildman–Crippen LogP) is 3.17. The van der Waals surface area contributed by atoms with Crippen LogP contribution in [0.15, 0.2) is 28.6 Å². The Labute approximate surface area is 159 Å². The highest BCUT2D eigenvalue weighted by molar-refractivity contribution is 7.09. The van der Waals surface area contributed by atoms with Crippen molar-refractivity contribution in [1.82, 2.24) is 15.6 Å². The van der Waals surface area contributed by atoms with Gasteiger partial charge in [-0.05, 0) is 31.0 Å². The van der Waals surface area contributed by atoms with Gasteiger partial charge < -0.3 is 20.5 Å². The summed E-state index contributed by atoms with van der Waals surface area (Å²) in [5, 5.41) is 17.0. The number of benzene rings is 1. The summed E-state index contributed by atoms with van der Waals surface area (Å²) in [6.07, 6.45) is -3.79. The summed E-state index contributed by atoms with van der Waals surface area (Å²) in [6, 6.07) is 5.10. The van der Waals surface area contributed by atoms with Gasteiger partial charge in [0.15, 0.2) is 23.2 Å². The molecule has 3 N–H and O–H groups in total. The minimum Gasteiger partial charge on any atom is -0.504 e. The highest BCUT2D eigenvalue weighted by Crippen LogP contribution is 2.30. The van der Waals surface area contributed by atoms with Crippen molar-refractivity contribution in [1.29, 1.82) is 0 Å². The minimum absolute atomic E-state index is 0.0586. The molecule has 6 nitrogen and oxygen atoms in total. The van der Waals surface area contributed by atoms with Crippen molar-refractivity contribution in [2.45, 2.75) is 26.1 Å². The quantitative estimate of drug-likeness (QED) is 0.490. The van der Waals surface area contributed by atoms with Gasteiger partial charge in [0.25, 0.3) is 0 Å². The lowest BCUT2D eigenvalue weighted by Gasteiger charge is -2.11. The van der Waals surface area contributed by atoms with Gasteiger partial charge in [-0.2, -0.15) is 13.2 Å². The van der Waals surface area contributed by atoms with E-state index in [1.54, 1.807) is 18.2 Å². The molecule has 0 radical (unpaired) electrons. The van der Waals surface area contributed by atoms with E-state index in [0.717, 1.165) is 22.3 Å². The number of aromatic nitrogens is 1. The van der Waals surface area contributed by atoms with E-state index in [2.05, 4.69) is 20.6 Å². The summed E-state index contributed by atoms with van der Waals surface area (Å²) in [5.74, 6) is 0.968. The van der Waals surface area contributed by atoms with Crippen LogP contribution in [0.5, 0.6) is 11.5 Å². The van der Waals surface area contributed by atoms with Crippen LogP contribution in [0.25, 0.3) is 0 Å². The first kappa shape index (κ1) is 20.8. The molecule has 0 amide bonds. The fourth-order valence-corrected chi connectivity index (χ4v) is 2.93. The van der Waals surface area contributed by atoms with Crippen molar-refractivity contribution in [2.75, 3.05) is 20.2 Å². The average Bonchev–Trinajstić information content (AvgIpc) is 3.10. The molecule has 1 aromatic carbocycles. The maximum atomic E-state index is 12.6. The summed E-state index contributed by atoms with van der Waals surface area (Å²) < 4.78 is 42.8. The van der Waals surface area contributed by atoms with Gasteiger partial charge in [-0.25, -0.2) is 9.98 Å². The van der Waals surface area contributed by atoms with Gasteiger partial charge in [0.05, 0.1) is 13.7 Å². The number of nitrogens with one attached hydrogen (secondary N) is 2. The second-order valence-electron chi connectivity index (χ2n) is 5.50. The zero-order valence-electron chi connectivity index (χ0n) is 14.9. The number of phenolic OH excluding ortho intramolecular Hbond substituents is 1. The Kier molecular flexibility index (Phi) is 7.28. The fraction of sp³-hybridized carbons (Fsp3) is 0.412. The predicted molar refractivity (Wildman–Crippen MR) is 98.3 cm³/mol. The number of aromatic hydroxyl groups is 1. The number of halogens is 3. The lowest BCUT2D eigenvalue weighted by molar-refractivity contribution is -0.140. The number of ether oxygens (including phenoxy) is 1. The van der Waals surface area contributed by atoms with Gasteiger partial charge in [0, 0.05) is 18.5 Å². The summed E-state index contributed by atoms with van der Waals surface area (Å²) in [5.41, 5.74) is 0.0691. The zero-order valence-corrected chi connectivity index (χ0v) is 15.7. The van der Waals surface area contributed by atoms with Crippen molar-refractivity contribution in [3.05, 3.63) is 39.8 Å². The summed E-state index contributed by atoms with van der Waals surface area (Å²) in [4.78, 5) is 7.83. The number of guanidine groups is 1. The molecule has 148 valence electrons. The van der Waals surface area contributed by atoms with Crippen LogP contribution in [-0.4, -0.2) is 36.2 Å². The standard InChI is InChI=1S/C17H21F3N4O2S/c1-3-21-16(23-9-15-24-14(10-27-15)17(18,19)20)22-7-6-11-4-5-12(25)13(8-11)26-2/h4-5,8,10,25H,3,6-7,9H2,1-2H3,(H2,21,22,23). The van der Waals surface area contributed by atoms with Gasteiger partial charge in [-0.1, -0.05) is 6.07 Å². The first-order valence-electron chi connectivity index (χ1n) is 8.23. The lowest BCUT2D eigenvalue weighted by Crippen LogP contribution is -2.38. The highest BCUT2D eigenvalue weighted by atomic mass is 32.1. The Morgan fingerprint density at radius 3 is 2.74 bits per heavy atom. The summed E-state index contributed by atoms with van der Waals surface area (Å²) >= 11 is 0.931. The first-order chi connectivity index (χ1) is 12.8. The summed E-state index contributed by atoms with van der Waals surface area (Å²) in [7, 11) is 1.48. The van der Waals surface area contributed by atoms with Crippen molar-refractivity contribution in [3.8, 4) is 11.5 Å². The Bertz CT molecular complexity index is 778. The van der Waals surface area contributed by atoms with E-state index in [4.69, 9.17) is 4.74 Å². The molecule has 0 bridgehead atoms. The second-order valence-corrected chi connectivity index (χ2v) is 6.45. The van der Waals surface area contributed by atoms with E-state index in [-0.39, 0.29) is 12.3 Å². The number of methoxy groups -OCH3 is 1. The van der Waals surface area contributed by atoms with Crippen molar-refractivity contribution in [2.24, 2.45) is 4.99 Å². The molecule has 1 heterocycles. The molecule has 1 aromatic heterocycles. The van der Waals surface area contributed by atoms with Gasteiger partial charge in [0.2, 0.25) is 0 Å². The van der Waals surface area contributed by atoms with Crippen molar-refractivity contribution >= 4 is 17.3 Å². The van der Waals surface area contributed by atoms with Gasteiger partial charge in [-0.15, -0.1) is 11.3 Å². The van der Waals surface area contributed by atoms with E-state index in [1.165, 1.54) is 7.11 Å². The molecular weight excluding hydrogens is 381 g/mol. The number of thiazole rings is 1. The van der Waals surface area contributed by atoms with Crippen LogP contribution in [0, 0.1) is 0 Å². The number of aliphatic imine (C=N–C) groups is 1. The van der Waals surface area contributed by atoms with Crippen LogP contribution in [0.3, 0.4) is 0 Å². The minimum atomic E-state index is -4.44. The molecule has 0 aliphatic heterocycles. The van der Waals surface area contributed by atoms with E-state index in [1.807, 2.05) is 6.92 Å². The highest BCUT2D eigenvalue weighted by Gasteiger charge is 2.33. The molecule has 2 aromatic rings. The first-order valence-corrected chi connectivity index (χ1v) is 9.11. The maximum absolute atomic E-state index is 12.6. The molecule has 27 heavy (non-hydrogen) atoms. The molecule has 0 fully saturated rings. The third kappa shape index (κ3) is 6.31. The Balaban J connectivity index is 1.92. The lowest BCUT2D eigenvalue weighted by atomic mass is 10.1. The smallest absolute Gasteiger partial charge is 0.434 e. The zero-order chi connectivity index (χ0) is 19.9. The SMILES string of the molecule is CCNC(=NCc1nc(C(F)(F)F)cs1)NCCc1ccc(O)c(OC)c1. The molecule has 0 spiro atoms. The molecular formula is C17H21F3N4O2S. The molecule has 10 heteroatoms. The molecule has 0 atom stereocenters. The van der Waals surface area contributed by atoms with E-state index in [0.29, 0.717) is 36.2 Å². The van der Waals surface area contributed by atoms with Crippen LogP contribution >= 0.6 is 11.3 Å². The summed E-state index contributed by atoms with van der Waals surface area (Å²) in [6.45, 7) is 3.12. The van der Waals surface area contributed by atoms with Crippen LogP contribution in [0.4, 0.5) is 13.2 Å².